The van der Waals surface area contributed by atoms with Gasteiger partial charge in [-0.3, -0.25) is 4.31 Å². The Bertz CT molecular complexity index is 774. The minimum Gasteiger partial charge on any atom is -0.391 e. The number of hydrogen-bond acceptors (Lipinski definition) is 3. The minimum absolute atomic E-state index is 0.00774. The number of benzene rings is 2. The van der Waals surface area contributed by atoms with Crippen LogP contribution in [-0.2, 0) is 10.0 Å². The largest absolute Gasteiger partial charge is 0.391 e. The Morgan fingerprint density at radius 1 is 1.12 bits per heavy atom. The SMILES string of the molecule is CCC(O)CN(c1ccccc1)S(=O)(=O)/C=C/c1ccc(Cl)cc1. The van der Waals surface area contributed by atoms with Gasteiger partial charge in [-0.05, 0) is 42.3 Å². The molecule has 0 amide bonds. The molecular formula is C18H20ClNO3S. The van der Waals surface area contributed by atoms with E-state index in [1.807, 2.05) is 13.0 Å². The standard InChI is InChI=1S/C18H20ClNO3S/c1-2-18(21)14-20(17-6-4-3-5-7-17)24(22,23)13-12-15-8-10-16(19)11-9-15/h3-13,18,21H,2,14H2,1H3/b13-12+. The highest BCUT2D eigenvalue weighted by molar-refractivity contribution is 7.95. The lowest BCUT2D eigenvalue weighted by Crippen LogP contribution is -2.36. The number of nitrogens with zero attached hydrogens (tertiary/aromatic N) is 1. The van der Waals surface area contributed by atoms with Crippen LogP contribution in [-0.4, -0.2) is 26.2 Å². The van der Waals surface area contributed by atoms with Crippen LogP contribution >= 0.6 is 11.6 Å². The van der Waals surface area contributed by atoms with Crippen molar-refractivity contribution in [1.29, 1.82) is 0 Å². The zero-order valence-electron chi connectivity index (χ0n) is 13.3. The Kier molecular flexibility index (Phi) is 6.43. The van der Waals surface area contributed by atoms with E-state index in [-0.39, 0.29) is 6.54 Å². The van der Waals surface area contributed by atoms with Crippen molar-refractivity contribution in [3.8, 4) is 0 Å². The van der Waals surface area contributed by atoms with Crippen molar-refractivity contribution in [2.45, 2.75) is 19.4 Å². The molecule has 0 radical (unpaired) electrons. The van der Waals surface area contributed by atoms with Crippen molar-refractivity contribution in [3.63, 3.8) is 0 Å². The Hall–Kier alpha value is -1.82. The van der Waals surface area contributed by atoms with Crippen molar-refractivity contribution in [2.75, 3.05) is 10.8 Å². The van der Waals surface area contributed by atoms with Crippen LogP contribution in [0.25, 0.3) is 6.08 Å². The number of aliphatic hydroxyl groups is 1. The van der Waals surface area contributed by atoms with Crippen LogP contribution in [0.15, 0.2) is 60.0 Å². The third-order valence-corrected chi connectivity index (χ3v) is 5.21. The third kappa shape index (κ3) is 5.09. The maximum absolute atomic E-state index is 12.7. The van der Waals surface area contributed by atoms with Gasteiger partial charge in [0.05, 0.1) is 23.7 Å². The van der Waals surface area contributed by atoms with E-state index in [2.05, 4.69) is 0 Å². The normalized spacial score (nSPS) is 13.1. The van der Waals surface area contributed by atoms with E-state index in [4.69, 9.17) is 11.6 Å². The highest BCUT2D eigenvalue weighted by Gasteiger charge is 2.22. The summed E-state index contributed by atoms with van der Waals surface area (Å²) in [4.78, 5) is 0. The maximum Gasteiger partial charge on any atom is 0.257 e. The van der Waals surface area contributed by atoms with Crippen LogP contribution < -0.4 is 4.31 Å². The molecule has 2 aromatic carbocycles. The number of halogens is 1. The first-order chi connectivity index (χ1) is 11.4. The molecule has 0 spiro atoms. The molecule has 0 saturated carbocycles. The average molecular weight is 366 g/mol. The molecule has 0 aromatic heterocycles. The molecule has 0 bridgehead atoms. The second-order valence-corrected chi connectivity index (χ2v) is 7.51. The first kappa shape index (κ1) is 18.5. The van der Waals surface area contributed by atoms with Gasteiger partial charge in [-0.25, -0.2) is 8.42 Å². The molecule has 6 heteroatoms. The van der Waals surface area contributed by atoms with E-state index in [1.54, 1.807) is 48.5 Å². The fourth-order valence-corrected chi connectivity index (χ4v) is 3.48. The summed E-state index contributed by atoms with van der Waals surface area (Å²) in [6, 6.07) is 15.6. The first-order valence-corrected chi connectivity index (χ1v) is 9.50. The molecule has 0 aliphatic rings. The van der Waals surface area contributed by atoms with E-state index in [1.165, 1.54) is 10.4 Å². The van der Waals surface area contributed by atoms with Crippen LogP contribution in [0.3, 0.4) is 0 Å². The van der Waals surface area contributed by atoms with Crippen molar-refractivity contribution < 1.29 is 13.5 Å². The van der Waals surface area contributed by atoms with Gasteiger partial charge in [-0.2, -0.15) is 0 Å². The Labute approximate surface area is 148 Å². The number of rotatable bonds is 7. The summed E-state index contributed by atoms with van der Waals surface area (Å²) in [7, 11) is -3.73. The van der Waals surface area contributed by atoms with E-state index in [0.29, 0.717) is 17.1 Å². The molecule has 128 valence electrons. The van der Waals surface area contributed by atoms with Crippen LogP contribution in [0.4, 0.5) is 5.69 Å². The molecule has 0 heterocycles. The molecule has 1 N–H and O–H groups in total. The van der Waals surface area contributed by atoms with Gasteiger partial charge in [0.25, 0.3) is 10.0 Å². The topological polar surface area (TPSA) is 57.6 Å². The molecule has 0 aliphatic heterocycles. The molecule has 2 rings (SSSR count). The Morgan fingerprint density at radius 2 is 1.75 bits per heavy atom. The van der Waals surface area contributed by atoms with E-state index >= 15 is 0 Å². The fourth-order valence-electron chi connectivity index (χ4n) is 2.08. The molecule has 0 saturated heterocycles. The number of aliphatic hydroxyl groups excluding tert-OH is 1. The molecule has 1 atom stereocenters. The van der Waals surface area contributed by atoms with Crippen molar-refractivity contribution in [1.82, 2.24) is 0 Å². The van der Waals surface area contributed by atoms with Crippen LogP contribution in [0.2, 0.25) is 5.02 Å². The predicted octanol–water partition coefficient (Wildman–Crippen LogP) is 3.92. The van der Waals surface area contributed by atoms with Gasteiger partial charge in [0.2, 0.25) is 0 Å². The monoisotopic (exact) mass is 365 g/mol. The predicted molar refractivity (Wildman–Crippen MR) is 99.5 cm³/mol. The number of sulfonamides is 1. The van der Waals surface area contributed by atoms with Gasteiger partial charge in [-0.1, -0.05) is 48.9 Å². The maximum atomic E-state index is 12.7. The fraction of sp³-hybridized carbons (Fsp3) is 0.222. The quantitative estimate of drug-likeness (QED) is 0.809. The van der Waals surface area contributed by atoms with Crippen LogP contribution in [0.5, 0.6) is 0 Å². The zero-order chi connectivity index (χ0) is 17.6. The van der Waals surface area contributed by atoms with Crippen molar-refractivity contribution in [3.05, 3.63) is 70.6 Å². The molecule has 0 fully saturated rings. The smallest absolute Gasteiger partial charge is 0.257 e. The number of hydrogen-bond donors (Lipinski definition) is 1. The van der Waals surface area contributed by atoms with Gasteiger partial charge in [0, 0.05) is 5.02 Å². The van der Waals surface area contributed by atoms with Gasteiger partial charge < -0.3 is 5.11 Å². The lowest BCUT2D eigenvalue weighted by atomic mass is 10.2. The summed E-state index contributed by atoms with van der Waals surface area (Å²) in [6.45, 7) is 1.82. The summed E-state index contributed by atoms with van der Waals surface area (Å²) >= 11 is 5.83. The third-order valence-electron chi connectivity index (χ3n) is 3.50. The zero-order valence-corrected chi connectivity index (χ0v) is 14.9. The molecule has 4 nitrogen and oxygen atoms in total. The molecule has 1 unspecified atom stereocenters. The Balaban J connectivity index is 2.31. The van der Waals surface area contributed by atoms with Crippen LogP contribution in [0.1, 0.15) is 18.9 Å². The number of para-hydroxylation sites is 1. The van der Waals surface area contributed by atoms with E-state index in [9.17, 15) is 13.5 Å². The summed E-state index contributed by atoms with van der Waals surface area (Å²) in [5.74, 6) is 0. The second-order valence-electron chi connectivity index (χ2n) is 5.33. The minimum atomic E-state index is -3.73. The summed E-state index contributed by atoms with van der Waals surface area (Å²) in [5.41, 5.74) is 1.25. The van der Waals surface area contributed by atoms with Crippen LogP contribution in [0, 0.1) is 0 Å². The van der Waals surface area contributed by atoms with Gasteiger partial charge in [0.1, 0.15) is 0 Å². The molecule has 0 aliphatic carbocycles. The second kappa shape index (κ2) is 8.33. The van der Waals surface area contributed by atoms with E-state index < -0.39 is 16.1 Å². The number of anilines is 1. The average Bonchev–Trinajstić information content (AvgIpc) is 2.59. The summed E-state index contributed by atoms with van der Waals surface area (Å²) in [5, 5.41) is 11.7. The highest BCUT2D eigenvalue weighted by atomic mass is 35.5. The lowest BCUT2D eigenvalue weighted by molar-refractivity contribution is 0.179. The van der Waals surface area contributed by atoms with Gasteiger partial charge >= 0.3 is 0 Å². The highest BCUT2D eigenvalue weighted by Crippen LogP contribution is 2.20. The van der Waals surface area contributed by atoms with Crippen molar-refractivity contribution in [2.24, 2.45) is 0 Å². The van der Waals surface area contributed by atoms with Gasteiger partial charge in [-0.15, -0.1) is 0 Å². The molecule has 2 aromatic rings. The first-order valence-electron chi connectivity index (χ1n) is 7.62. The molecule has 24 heavy (non-hydrogen) atoms. The molecular weight excluding hydrogens is 346 g/mol. The Morgan fingerprint density at radius 3 is 2.33 bits per heavy atom. The van der Waals surface area contributed by atoms with E-state index in [0.717, 1.165) is 11.0 Å². The summed E-state index contributed by atoms with van der Waals surface area (Å²) < 4.78 is 26.7. The lowest BCUT2D eigenvalue weighted by Gasteiger charge is -2.25. The van der Waals surface area contributed by atoms with Gasteiger partial charge in [0.15, 0.2) is 0 Å². The summed E-state index contributed by atoms with van der Waals surface area (Å²) in [6.07, 6.45) is 1.25. The van der Waals surface area contributed by atoms with Crippen molar-refractivity contribution >= 4 is 33.4 Å².